The lowest BCUT2D eigenvalue weighted by Crippen LogP contribution is -2.09. The van der Waals surface area contributed by atoms with Gasteiger partial charge >= 0.3 is 0 Å². The van der Waals surface area contributed by atoms with Gasteiger partial charge in [0, 0.05) is 23.2 Å². The molecule has 0 saturated heterocycles. The van der Waals surface area contributed by atoms with Crippen LogP contribution in [0.1, 0.15) is 45.3 Å². The molecule has 2 unspecified atom stereocenters. The number of rotatable bonds is 6. The zero-order chi connectivity index (χ0) is 37.0. The van der Waals surface area contributed by atoms with Gasteiger partial charge in [0.25, 0.3) is 0 Å². The number of pyridine rings is 2. The summed E-state index contributed by atoms with van der Waals surface area (Å²) >= 11 is 0. The van der Waals surface area contributed by atoms with Crippen molar-refractivity contribution in [1.82, 2.24) is 9.97 Å². The van der Waals surface area contributed by atoms with Crippen molar-refractivity contribution >= 4 is 0 Å². The molecular weight excluding hydrogens is 677 g/mol. The molecule has 11 rings (SSSR count). The SMILES string of the molecule is c1ccc(-c2cc(-c3ccccc3)nc(C3c4ccc(-c5ccccc5)cc4-c4ccc5c(c43)C(c3ccccc3)c3ccc(-c4ccccn4)cc3-5)c2)cc1. The number of hydrogen-bond donors (Lipinski definition) is 0. The highest BCUT2D eigenvalue weighted by Gasteiger charge is 2.41. The Morgan fingerprint density at radius 1 is 0.321 bits per heavy atom. The Bertz CT molecular complexity index is 2830. The van der Waals surface area contributed by atoms with Crippen molar-refractivity contribution in [2.24, 2.45) is 0 Å². The molecule has 56 heavy (non-hydrogen) atoms. The standard InChI is InChI=1S/C54H36N2/c1-5-15-35(16-6-1)39-24-26-43-46(31-39)45-29-28-44-47-32-40(48-23-13-14-30-55-48)25-27-42(47)51(38-21-11-4-12-22-38)53(44)54(45)52(43)50-34-41(36-17-7-2-8-18-36)33-49(56-50)37-19-9-3-10-20-37/h1-34,51-52H. The van der Waals surface area contributed by atoms with Crippen LogP contribution in [0.2, 0.25) is 0 Å². The van der Waals surface area contributed by atoms with E-state index >= 15 is 0 Å². The summed E-state index contributed by atoms with van der Waals surface area (Å²) in [6, 6.07) is 72.7. The Labute approximate surface area is 327 Å². The molecule has 0 bridgehead atoms. The maximum absolute atomic E-state index is 5.61. The Hall–Kier alpha value is -7.16. The Balaban J connectivity index is 1.20. The number of nitrogens with zero attached hydrogens (tertiary/aromatic N) is 2. The third kappa shape index (κ3) is 5.33. The summed E-state index contributed by atoms with van der Waals surface area (Å²) in [5.41, 5.74) is 21.8. The first-order chi connectivity index (χ1) is 27.8. The van der Waals surface area contributed by atoms with E-state index in [1.165, 1.54) is 72.3 Å². The van der Waals surface area contributed by atoms with Gasteiger partial charge in [-0.25, -0.2) is 0 Å². The molecule has 0 spiro atoms. The highest BCUT2D eigenvalue weighted by molar-refractivity contribution is 5.93. The number of hydrogen-bond acceptors (Lipinski definition) is 2. The van der Waals surface area contributed by atoms with Crippen molar-refractivity contribution in [2.45, 2.75) is 11.8 Å². The normalized spacial score (nSPS) is 14.8. The number of benzene rings is 7. The van der Waals surface area contributed by atoms with Crippen molar-refractivity contribution in [1.29, 1.82) is 0 Å². The molecule has 0 fully saturated rings. The highest BCUT2D eigenvalue weighted by Crippen LogP contribution is 2.59. The third-order valence-electron chi connectivity index (χ3n) is 11.7. The Kier molecular flexibility index (Phi) is 7.67. The molecule has 2 heteroatoms. The summed E-state index contributed by atoms with van der Waals surface area (Å²) in [6.07, 6.45) is 1.88. The molecule has 2 aliphatic carbocycles. The van der Waals surface area contributed by atoms with Crippen LogP contribution in [-0.4, -0.2) is 9.97 Å². The minimum absolute atomic E-state index is 0.0604. The zero-order valence-corrected chi connectivity index (χ0v) is 30.7. The van der Waals surface area contributed by atoms with E-state index in [-0.39, 0.29) is 11.8 Å². The van der Waals surface area contributed by atoms with E-state index in [0.29, 0.717) is 0 Å². The highest BCUT2D eigenvalue weighted by atomic mass is 14.7. The van der Waals surface area contributed by atoms with Crippen LogP contribution in [0.5, 0.6) is 0 Å². The van der Waals surface area contributed by atoms with Gasteiger partial charge in [-0.05, 0) is 109 Å². The topological polar surface area (TPSA) is 25.8 Å². The van der Waals surface area contributed by atoms with Gasteiger partial charge in [-0.15, -0.1) is 0 Å². The van der Waals surface area contributed by atoms with Gasteiger partial charge in [0.1, 0.15) is 0 Å². The Morgan fingerprint density at radius 3 is 1.50 bits per heavy atom. The van der Waals surface area contributed by atoms with E-state index in [2.05, 4.69) is 194 Å². The van der Waals surface area contributed by atoms with Crippen LogP contribution in [0.4, 0.5) is 0 Å². The first-order valence-electron chi connectivity index (χ1n) is 19.4. The fourth-order valence-corrected chi connectivity index (χ4v) is 9.18. The van der Waals surface area contributed by atoms with E-state index < -0.39 is 0 Å². The predicted octanol–water partition coefficient (Wildman–Crippen LogP) is 13.5. The minimum Gasteiger partial charge on any atom is -0.256 e. The summed E-state index contributed by atoms with van der Waals surface area (Å²) in [7, 11) is 0. The van der Waals surface area contributed by atoms with E-state index in [9.17, 15) is 0 Å². The number of fused-ring (bicyclic) bond motifs is 7. The van der Waals surface area contributed by atoms with Crippen molar-refractivity contribution in [3.05, 3.63) is 240 Å². The molecule has 7 aromatic carbocycles. The summed E-state index contributed by atoms with van der Waals surface area (Å²) in [4.78, 5) is 10.3. The van der Waals surface area contributed by atoms with E-state index in [1.54, 1.807) is 0 Å². The van der Waals surface area contributed by atoms with Crippen molar-refractivity contribution in [2.75, 3.05) is 0 Å². The second kappa shape index (κ2) is 13.3. The van der Waals surface area contributed by atoms with E-state index in [1.807, 2.05) is 12.3 Å². The van der Waals surface area contributed by atoms with Crippen LogP contribution >= 0.6 is 0 Å². The van der Waals surface area contributed by atoms with Gasteiger partial charge in [0.05, 0.1) is 23.0 Å². The summed E-state index contributed by atoms with van der Waals surface area (Å²) in [5.74, 6) is -0.0214. The van der Waals surface area contributed by atoms with Gasteiger partial charge in [-0.2, -0.15) is 0 Å². The molecule has 2 heterocycles. The first-order valence-corrected chi connectivity index (χ1v) is 19.4. The molecule has 262 valence electrons. The van der Waals surface area contributed by atoms with E-state index in [0.717, 1.165) is 28.2 Å². The van der Waals surface area contributed by atoms with Crippen LogP contribution in [0.3, 0.4) is 0 Å². The van der Waals surface area contributed by atoms with Crippen molar-refractivity contribution in [3.8, 4) is 67.0 Å². The second-order valence-electron chi connectivity index (χ2n) is 14.8. The molecule has 2 aliphatic rings. The quantitative estimate of drug-likeness (QED) is 0.172. The first kappa shape index (κ1) is 32.3. The average Bonchev–Trinajstić information content (AvgIpc) is 3.80. The van der Waals surface area contributed by atoms with Crippen LogP contribution in [0, 0.1) is 0 Å². The second-order valence-corrected chi connectivity index (χ2v) is 14.8. The van der Waals surface area contributed by atoms with E-state index in [4.69, 9.17) is 9.97 Å². The molecule has 0 radical (unpaired) electrons. The molecule has 2 nitrogen and oxygen atoms in total. The summed E-state index contributed by atoms with van der Waals surface area (Å²) in [5, 5.41) is 0. The van der Waals surface area contributed by atoms with Gasteiger partial charge < -0.3 is 0 Å². The molecule has 0 saturated carbocycles. The molecular formula is C54H36N2. The summed E-state index contributed by atoms with van der Waals surface area (Å²) < 4.78 is 0. The lowest BCUT2D eigenvalue weighted by Gasteiger charge is -2.23. The largest absolute Gasteiger partial charge is 0.256 e. The maximum Gasteiger partial charge on any atom is 0.0711 e. The molecule has 0 N–H and O–H groups in total. The minimum atomic E-state index is -0.0818. The van der Waals surface area contributed by atoms with Crippen LogP contribution in [-0.2, 0) is 0 Å². The van der Waals surface area contributed by atoms with Gasteiger partial charge in [0.2, 0.25) is 0 Å². The lowest BCUT2D eigenvalue weighted by atomic mass is 9.81. The van der Waals surface area contributed by atoms with Crippen LogP contribution in [0.15, 0.2) is 206 Å². The fourth-order valence-electron chi connectivity index (χ4n) is 9.18. The molecule has 2 aromatic heterocycles. The molecule has 0 aliphatic heterocycles. The molecule has 0 amide bonds. The Morgan fingerprint density at radius 2 is 0.857 bits per heavy atom. The van der Waals surface area contributed by atoms with Crippen LogP contribution in [0.25, 0.3) is 67.0 Å². The summed E-state index contributed by atoms with van der Waals surface area (Å²) in [6.45, 7) is 0. The van der Waals surface area contributed by atoms with Crippen LogP contribution < -0.4 is 0 Å². The van der Waals surface area contributed by atoms with Gasteiger partial charge in [-0.1, -0.05) is 164 Å². The van der Waals surface area contributed by atoms with Crippen molar-refractivity contribution in [3.63, 3.8) is 0 Å². The smallest absolute Gasteiger partial charge is 0.0711 e. The van der Waals surface area contributed by atoms with Crippen molar-refractivity contribution < 1.29 is 0 Å². The van der Waals surface area contributed by atoms with Gasteiger partial charge in [0.15, 0.2) is 0 Å². The fraction of sp³-hybridized carbons (Fsp3) is 0.0370. The monoisotopic (exact) mass is 712 g/mol. The lowest BCUT2D eigenvalue weighted by molar-refractivity contribution is 0.906. The predicted molar refractivity (Wildman–Crippen MR) is 229 cm³/mol. The maximum atomic E-state index is 5.61. The zero-order valence-electron chi connectivity index (χ0n) is 30.7. The third-order valence-corrected chi connectivity index (χ3v) is 11.7. The van der Waals surface area contributed by atoms with Gasteiger partial charge in [-0.3, -0.25) is 9.97 Å². The number of aromatic nitrogens is 2. The average molecular weight is 713 g/mol. The molecule has 2 atom stereocenters. The molecule has 9 aromatic rings.